The van der Waals surface area contributed by atoms with Gasteiger partial charge in [0.25, 0.3) is 0 Å². The summed E-state index contributed by atoms with van der Waals surface area (Å²) in [6, 6.07) is 0. The number of nitrogens with two attached hydrogens (primary N) is 1. The molecule has 4 N–H and O–H groups in total. The molecule has 5 aliphatic carbocycles. The Morgan fingerprint density at radius 2 is 1.60 bits per heavy atom. The van der Waals surface area contributed by atoms with Crippen molar-refractivity contribution in [2.24, 2.45) is 67.8 Å². The number of amides is 1. The Hall–Kier alpha value is -1.89. The average Bonchev–Trinajstić information content (AvgIpc) is 3.33. The van der Waals surface area contributed by atoms with E-state index in [0.29, 0.717) is 49.1 Å². The molecule has 0 radical (unpaired) electrons. The van der Waals surface area contributed by atoms with Crippen molar-refractivity contribution >= 4 is 17.8 Å². The van der Waals surface area contributed by atoms with Gasteiger partial charge in [-0.1, -0.05) is 60.6 Å². The van der Waals surface area contributed by atoms with Crippen molar-refractivity contribution in [3.05, 3.63) is 12.2 Å². The van der Waals surface area contributed by atoms with Crippen LogP contribution >= 0.6 is 0 Å². The first kappa shape index (κ1) is 37.4. The standard InChI is InChI=1S/C41H68N2O5/c1-26(2)27-13-18-41(23-32(44)43-22-10-21-42)20-19-39(8)28(35(27)41)11-12-30-38(7)16-15-31(37(5,6)29(38)14-17-40(30,39)9)48-34(47)25-36(3,4)24-33(45)46/h27-31,35H,1,10-25,42H2,2-9H3,(H,43,44)(H,45,46)/t27-,28+,29?,30?,31-,35+,38-,39+,40+,41+/m0/s1. The van der Waals surface area contributed by atoms with Crippen LogP contribution in [0.4, 0.5) is 0 Å². The fourth-order valence-electron chi connectivity index (χ4n) is 13.6. The number of hydrogen-bond acceptors (Lipinski definition) is 5. The molecule has 0 aromatic rings. The number of rotatable bonds is 11. The summed E-state index contributed by atoms with van der Waals surface area (Å²) < 4.78 is 6.26. The molecule has 1 amide bonds. The molecule has 0 spiro atoms. The maximum atomic E-state index is 13.4. The molecule has 0 saturated heterocycles. The molecule has 272 valence electrons. The van der Waals surface area contributed by atoms with E-state index in [4.69, 9.17) is 10.5 Å². The van der Waals surface area contributed by atoms with Gasteiger partial charge in [-0.3, -0.25) is 14.4 Å². The fourth-order valence-corrected chi connectivity index (χ4v) is 13.6. The molecule has 0 heterocycles. The highest BCUT2D eigenvalue weighted by atomic mass is 16.5. The lowest BCUT2D eigenvalue weighted by Crippen LogP contribution is -2.67. The van der Waals surface area contributed by atoms with Crippen molar-refractivity contribution in [3.8, 4) is 0 Å². The largest absolute Gasteiger partial charge is 0.481 e. The van der Waals surface area contributed by atoms with E-state index in [1.54, 1.807) is 0 Å². The number of esters is 1. The Kier molecular flexibility index (Phi) is 10.1. The first-order valence-electron chi connectivity index (χ1n) is 19.3. The van der Waals surface area contributed by atoms with Crippen LogP contribution in [0.1, 0.15) is 145 Å². The average molecular weight is 669 g/mol. The summed E-state index contributed by atoms with van der Waals surface area (Å²) in [4.78, 5) is 37.9. The highest BCUT2D eigenvalue weighted by Gasteiger charge is 2.71. The number of ether oxygens (including phenoxy) is 1. The third-order valence-electron chi connectivity index (χ3n) is 15.9. The number of nitrogens with one attached hydrogen (secondary N) is 1. The molecule has 0 bridgehead atoms. The van der Waals surface area contributed by atoms with Gasteiger partial charge in [0.1, 0.15) is 6.10 Å². The van der Waals surface area contributed by atoms with E-state index < -0.39 is 11.4 Å². The molecule has 5 aliphatic rings. The zero-order valence-electron chi connectivity index (χ0n) is 31.6. The van der Waals surface area contributed by atoms with Gasteiger partial charge < -0.3 is 20.9 Å². The van der Waals surface area contributed by atoms with Crippen molar-refractivity contribution in [1.29, 1.82) is 0 Å². The highest BCUT2D eigenvalue weighted by molar-refractivity contribution is 5.77. The van der Waals surface area contributed by atoms with E-state index in [2.05, 4.69) is 53.4 Å². The van der Waals surface area contributed by atoms with Crippen LogP contribution in [0.2, 0.25) is 0 Å². The van der Waals surface area contributed by atoms with Crippen LogP contribution < -0.4 is 11.1 Å². The molecule has 0 aromatic carbocycles. The summed E-state index contributed by atoms with van der Waals surface area (Å²) in [6.07, 6.45) is 12.7. The van der Waals surface area contributed by atoms with Crippen molar-refractivity contribution < 1.29 is 24.2 Å². The third kappa shape index (κ3) is 6.19. The molecule has 5 fully saturated rings. The summed E-state index contributed by atoms with van der Waals surface area (Å²) in [5.74, 6) is 1.70. The zero-order chi connectivity index (χ0) is 35.5. The second-order valence-electron chi connectivity index (χ2n) is 19.5. The molecule has 7 heteroatoms. The molecule has 7 nitrogen and oxygen atoms in total. The van der Waals surface area contributed by atoms with Gasteiger partial charge in [0, 0.05) is 18.4 Å². The molecule has 0 aliphatic heterocycles. The highest BCUT2D eigenvalue weighted by Crippen LogP contribution is 2.78. The Labute approximate surface area is 291 Å². The van der Waals surface area contributed by atoms with Gasteiger partial charge in [-0.25, -0.2) is 0 Å². The summed E-state index contributed by atoms with van der Waals surface area (Å²) in [5, 5.41) is 12.5. The molecule has 2 unspecified atom stereocenters. The van der Waals surface area contributed by atoms with E-state index in [1.807, 2.05) is 13.8 Å². The molecular formula is C41H68N2O5. The van der Waals surface area contributed by atoms with Gasteiger partial charge in [-0.2, -0.15) is 0 Å². The normalized spacial score (nSPS) is 41.6. The van der Waals surface area contributed by atoms with Crippen LogP contribution in [-0.4, -0.2) is 42.1 Å². The summed E-state index contributed by atoms with van der Waals surface area (Å²) in [6.45, 7) is 24.2. The lowest BCUT2D eigenvalue weighted by Gasteiger charge is -2.73. The van der Waals surface area contributed by atoms with Gasteiger partial charge >= 0.3 is 11.9 Å². The predicted molar refractivity (Wildman–Crippen MR) is 191 cm³/mol. The van der Waals surface area contributed by atoms with Crippen LogP contribution in [-0.2, 0) is 19.1 Å². The molecule has 5 rings (SSSR count). The minimum atomic E-state index is -0.884. The second kappa shape index (κ2) is 13.0. The number of carbonyl (C=O) groups is 3. The van der Waals surface area contributed by atoms with E-state index in [1.165, 1.54) is 31.3 Å². The predicted octanol–water partition coefficient (Wildman–Crippen LogP) is 8.30. The maximum absolute atomic E-state index is 13.4. The third-order valence-corrected chi connectivity index (χ3v) is 15.9. The minimum Gasteiger partial charge on any atom is -0.481 e. The van der Waals surface area contributed by atoms with E-state index in [-0.39, 0.29) is 57.9 Å². The smallest absolute Gasteiger partial charge is 0.306 e. The number of hydrogen-bond donors (Lipinski definition) is 3. The van der Waals surface area contributed by atoms with Crippen LogP contribution in [0.15, 0.2) is 12.2 Å². The Morgan fingerprint density at radius 1 is 0.896 bits per heavy atom. The van der Waals surface area contributed by atoms with E-state index >= 15 is 0 Å². The van der Waals surface area contributed by atoms with Gasteiger partial charge in [0.2, 0.25) is 5.91 Å². The maximum Gasteiger partial charge on any atom is 0.306 e. The number of carboxylic acid groups (broad SMARTS) is 1. The summed E-state index contributed by atoms with van der Waals surface area (Å²) in [7, 11) is 0. The van der Waals surface area contributed by atoms with E-state index in [9.17, 15) is 19.5 Å². The molecule has 0 aromatic heterocycles. The van der Waals surface area contributed by atoms with Crippen LogP contribution in [0.3, 0.4) is 0 Å². The Bertz CT molecular complexity index is 1280. The SMILES string of the molecule is C=C(C)[C@@H]1CC[C@]2(CC(=O)NCCCN)CC[C@]3(C)[C@H](CCC4[C@@]5(C)CC[C@H](OC(=O)CC(C)(C)CC(=O)O)C(C)(C)C5CC[C@]43C)[C@@H]12. The molecule has 10 atom stereocenters. The summed E-state index contributed by atoms with van der Waals surface area (Å²) in [5.41, 5.74) is 6.87. The van der Waals surface area contributed by atoms with Crippen molar-refractivity contribution in [2.45, 2.75) is 151 Å². The monoisotopic (exact) mass is 669 g/mol. The Balaban J connectivity index is 1.38. The zero-order valence-corrected chi connectivity index (χ0v) is 31.6. The first-order chi connectivity index (χ1) is 22.3. The molecule has 48 heavy (non-hydrogen) atoms. The number of carboxylic acids is 1. The number of fused-ring (bicyclic) bond motifs is 7. The van der Waals surface area contributed by atoms with Gasteiger partial charge in [0.15, 0.2) is 0 Å². The molecule has 5 saturated carbocycles. The minimum absolute atomic E-state index is 0.0477. The van der Waals surface area contributed by atoms with Crippen molar-refractivity contribution in [3.63, 3.8) is 0 Å². The number of carbonyl (C=O) groups excluding carboxylic acids is 2. The lowest BCUT2D eigenvalue weighted by atomic mass is 9.32. The van der Waals surface area contributed by atoms with Crippen molar-refractivity contribution in [1.82, 2.24) is 5.32 Å². The quantitative estimate of drug-likeness (QED) is 0.116. The van der Waals surface area contributed by atoms with Crippen molar-refractivity contribution in [2.75, 3.05) is 13.1 Å². The number of aliphatic carboxylic acids is 1. The van der Waals surface area contributed by atoms with Crippen LogP contribution in [0.25, 0.3) is 0 Å². The van der Waals surface area contributed by atoms with Gasteiger partial charge in [-0.05, 0) is 141 Å². The van der Waals surface area contributed by atoms with Gasteiger partial charge in [0.05, 0.1) is 12.8 Å². The number of allylic oxidation sites excluding steroid dienone is 1. The van der Waals surface area contributed by atoms with Crippen LogP contribution in [0.5, 0.6) is 0 Å². The first-order valence-corrected chi connectivity index (χ1v) is 19.3. The lowest BCUT2D eigenvalue weighted by molar-refractivity contribution is -0.250. The van der Waals surface area contributed by atoms with Crippen LogP contribution in [0, 0.1) is 62.1 Å². The topological polar surface area (TPSA) is 119 Å². The Morgan fingerprint density at radius 3 is 2.25 bits per heavy atom. The second-order valence-corrected chi connectivity index (χ2v) is 19.5. The fraction of sp³-hybridized carbons (Fsp3) is 0.878. The molecular weight excluding hydrogens is 600 g/mol. The summed E-state index contributed by atoms with van der Waals surface area (Å²) >= 11 is 0. The van der Waals surface area contributed by atoms with Gasteiger partial charge in [-0.15, -0.1) is 0 Å². The van der Waals surface area contributed by atoms with E-state index in [0.717, 1.165) is 44.9 Å².